The smallest absolute Gasteiger partial charge is 0.0647 e. The molecule has 0 aliphatic carbocycles. The van der Waals surface area contributed by atoms with Crippen LogP contribution in [0.3, 0.4) is 0 Å². The fourth-order valence-corrected chi connectivity index (χ4v) is 3.81. The molecular weight excluding hydrogens is 248 g/mol. The largest absolute Gasteiger partial charge is 0.329 e. The van der Waals surface area contributed by atoms with Crippen molar-refractivity contribution in [3.8, 4) is 0 Å². The first kappa shape index (κ1) is 14.0. The second-order valence-corrected chi connectivity index (χ2v) is 6.20. The molecule has 0 aromatic carbocycles. The highest BCUT2D eigenvalue weighted by molar-refractivity contribution is 5.11. The van der Waals surface area contributed by atoms with Gasteiger partial charge in [-0.15, -0.1) is 0 Å². The highest BCUT2D eigenvalue weighted by Gasteiger charge is 2.36. The average molecular weight is 274 g/mol. The van der Waals surface area contributed by atoms with Crippen molar-refractivity contribution in [2.45, 2.75) is 44.3 Å². The first-order chi connectivity index (χ1) is 9.79. The Morgan fingerprint density at radius 1 is 1.35 bits per heavy atom. The molecule has 2 saturated heterocycles. The maximum Gasteiger partial charge on any atom is 0.0647 e. The molecule has 0 saturated carbocycles. The van der Waals surface area contributed by atoms with Gasteiger partial charge in [0.2, 0.25) is 0 Å². The van der Waals surface area contributed by atoms with Crippen molar-refractivity contribution >= 4 is 0 Å². The zero-order chi connectivity index (χ0) is 13.9. The third-order valence-electron chi connectivity index (χ3n) is 4.89. The highest BCUT2D eigenvalue weighted by atomic mass is 15.3. The van der Waals surface area contributed by atoms with Crippen molar-refractivity contribution < 1.29 is 0 Å². The number of nitrogens with zero attached hydrogens (tertiary/aromatic N) is 3. The van der Waals surface area contributed by atoms with Gasteiger partial charge in [0, 0.05) is 37.9 Å². The predicted octanol–water partition coefficient (Wildman–Crippen LogP) is 1.64. The molecule has 1 aromatic heterocycles. The average Bonchev–Trinajstić information content (AvgIpc) is 2.49. The zero-order valence-electron chi connectivity index (χ0n) is 12.4. The number of hydrogen-bond acceptors (Lipinski definition) is 4. The topological polar surface area (TPSA) is 45.4 Å². The summed E-state index contributed by atoms with van der Waals surface area (Å²) < 4.78 is 0. The zero-order valence-corrected chi connectivity index (χ0v) is 12.4. The summed E-state index contributed by atoms with van der Waals surface area (Å²) in [6.07, 6.45) is 5.95. The van der Waals surface area contributed by atoms with Crippen molar-refractivity contribution in [1.82, 2.24) is 14.8 Å². The SMILES string of the molecule is CC1CN2CCCCC2CN1C(CN)c1ccccn1. The van der Waals surface area contributed by atoms with Crippen LogP contribution in [-0.2, 0) is 0 Å². The number of fused-ring (bicyclic) bond motifs is 1. The number of pyridine rings is 1. The molecule has 3 atom stereocenters. The van der Waals surface area contributed by atoms with E-state index in [1.807, 2.05) is 12.3 Å². The lowest BCUT2D eigenvalue weighted by atomic mass is 9.95. The molecule has 4 heteroatoms. The van der Waals surface area contributed by atoms with E-state index in [0.717, 1.165) is 18.3 Å². The van der Waals surface area contributed by atoms with Crippen LogP contribution >= 0.6 is 0 Å². The summed E-state index contributed by atoms with van der Waals surface area (Å²) >= 11 is 0. The summed E-state index contributed by atoms with van der Waals surface area (Å²) in [6, 6.07) is 7.68. The molecule has 2 N–H and O–H groups in total. The summed E-state index contributed by atoms with van der Waals surface area (Å²) in [5.74, 6) is 0. The maximum atomic E-state index is 6.07. The van der Waals surface area contributed by atoms with E-state index >= 15 is 0 Å². The van der Waals surface area contributed by atoms with Crippen LogP contribution < -0.4 is 5.73 Å². The summed E-state index contributed by atoms with van der Waals surface area (Å²) in [5.41, 5.74) is 7.19. The molecule has 3 unspecified atom stereocenters. The number of piperazine rings is 1. The second kappa shape index (κ2) is 6.20. The normalized spacial score (nSPS) is 29.9. The molecule has 0 radical (unpaired) electrons. The van der Waals surface area contributed by atoms with E-state index in [-0.39, 0.29) is 6.04 Å². The van der Waals surface area contributed by atoms with Crippen molar-refractivity contribution in [1.29, 1.82) is 0 Å². The van der Waals surface area contributed by atoms with Gasteiger partial charge in [-0.1, -0.05) is 12.5 Å². The minimum Gasteiger partial charge on any atom is -0.329 e. The van der Waals surface area contributed by atoms with Crippen LogP contribution in [0.15, 0.2) is 24.4 Å². The molecule has 3 heterocycles. The van der Waals surface area contributed by atoms with Gasteiger partial charge >= 0.3 is 0 Å². The van der Waals surface area contributed by atoms with Crippen LogP contribution in [-0.4, -0.2) is 53.0 Å². The molecule has 3 rings (SSSR count). The molecule has 110 valence electrons. The third kappa shape index (κ3) is 2.73. The van der Waals surface area contributed by atoms with Gasteiger partial charge in [-0.05, 0) is 38.4 Å². The van der Waals surface area contributed by atoms with Crippen LogP contribution in [0.5, 0.6) is 0 Å². The molecule has 4 nitrogen and oxygen atoms in total. The van der Waals surface area contributed by atoms with Crippen molar-refractivity contribution in [2.24, 2.45) is 5.73 Å². The summed E-state index contributed by atoms with van der Waals surface area (Å²) in [5, 5.41) is 0. The number of hydrogen-bond donors (Lipinski definition) is 1. The Kier molecular flexibility index (Phi) is 4.34. The van der Waals surface area contributed by atoms with Gasteiger partial charge in [0.25, 0.3) is 0 Å². The second-order valence-electron chi connectivity index (χ2n) is 6.20. The highest BCUT2D eigenvalue weighted by Crippen LogP contribution is 2.29. The fourth-order valence-electron chi connectivity index (χ4n) is 3.81. The Hall–Kier alpha value is -0.970. The van der Waals surface area contributed by atoms with E-state index in [0.29, 0.717) is 12.6 Å². The summed E-state index contributed by atoms with van der Waals surface area (Å²) in [7, 11) is 0. The quantitative estimate of drug-likeness (QED) is 0.910. The number of nitrogens with two attached hydrogens (primary N) is 1. The van der Waals surface area contributed by atoms with E-state index in [1.165, 1.54) is 32.4 Å². The monoisotopic (exact) mass is 274 g/mol. The molecule has 0 bridgehead atoms. The Morgan fingerprint density at radius 2 is 2.25 bits per heavy atom. The van der Waals surface area contributed by atoms with Gasteiger partial charge < -0.3 is 5.73 Å². The molecule has 0 spiro atoms. The van der Waals surface area contributed by atoms with Gasteiger partial charge in [-0.3, -0.25) is 14.8 Å². The van der Waals surface area contributed by atoms with Crippen molar-refractivity contribution in [3.05, 3.63) is 30.1 Å². The summed E-state index contributed by atoms with van der Waals surface area (Å²) in [4.78, 5) is 9.78. The van der Waals surface area contributed by atoms with E-state index in [4.69, 9.17) is 5.73 Å². The van der Waals surface area contributed by atoms with Gasteiger partial charge in [-0.2, -0.15) is 0 Å². The molecule has 2 aliphatic heterocycles. The van der Waals surface area contributed by atoms with E-state index in [9.17, 15) is 0 Å². The maximum absolute atomic E-state index is 6.07. The van der Waals surface area contributed by atoms with Crippen LogP contribution in [0.1, 0.15) is 37.9 Å². The Labute approximate surface area is 122 Å². The minimum absolute atomic E-state index is 0.260. The summed E-state index contributed by atoms with van der Waals surface area (Å²) in [6.45, 7) is 6.57. The molecule has 0 amide bonds. The molecule has 20 heavy (non-hydrogen) atoms. The van der Waals surface area contributed by atoms with Crippen LogP contribution in [0, 0.1) is 0 Å². The van der Waals surface area contributed by atoms with Crippen LogP contribution in [0.4, 0.5) is 0 Å². The Bertz CT molecular complexity index is 422. The minimum atomic E-state index is 0.260. The Morgan fingerprint density at radius 3 is 3.00 bits per heavy atom. The lowest BCUT2D eigenvalue weighted by molar-refractivity contribution is -0.00753. The van der Waals surface area contributed by atoms with E-state index in [2.05, 4.69) is 33.8 Å². The van der Waals surface area contributed by atoms with Gasteiger partial charge in [-0.25, -0.2) is 0 Å². The first-order valence-electron chi connectivity index (χ1n) is 7.90. The van der Waals surface area contributed by atoms with E-state index in [1.54, 1.807) is 0 Å². The predicted molar refractivity (Wildman–Crippen MR) is 81.4 cm³/mol. The molecular formula is C16H26N4. The number of piperidine rings is 1. The number of rotatable bonds is 3. The number of aromatic nitrogens is 1. The van der Waals surface area contributed by atoms with Crippen molar-refractivity contribution in [2.75, 3.05) is 26.2 Å². The fraction of sp³-hybridized carbons (Fsp3) is 0.688. The van der Waals surface area contributed by atoms with E-state index < -0.39 is 0 Å². The van der Waals surface area contributed by atoms with Gasteiger partial charge in [0.15, 0.2) is 0 Å². The molecule has 1 aromatic rings. The Balaban J connectivity index is 1.77. The molecule has 2 aliphatic rings. The third-order valence-corrected chi connectivity index (χ3v) is 4.89. The van der Waals surface area contributed by atoms with Gasteiger partial charge in [0.1, 0.15) is 0 Å². The van der Waals surface area contributed by atoms with Crippen LogP contribution in [0.2, 0.25) is 0 Å². The van der Waals surface area contributed by atoms with Crippen molar-refractivity contribution in [3.63, 3.8) is 0 Å². The first-order valence-corrected chi connectivity index (χ1v) is 7.90. The standard InChI is InChI=1S/C16H26N4/c1-13-11-19-9-5-3-6-14(19)12-20(13)16(10-17)15-7-2-4-8-18-15/h2,4,7-8,13-14,16H,3,5-6,9-12,17H2,1H3. The lowest BCUT2D eigenvalue weighted by Gasteiger charge is -2.49. The lowest BCUT2D eigenvalue weighted by Crippen LogP contribution is -2.60. The van der Waals surface area contributed by atoms with Gasteiger partial charge in [0.05, 0.1) is 11.7 Å². The molecule has 2 fully saturated rings. The van der Waals surface area contributed by atoms with Crippen LogP contribution in [0.25, 0.3) is 0 Å².